The molecule has 2 rings (SSSR count). The standard InChI is InChI=1S/C19H20ClN3O3/c1-13(24)22-16-6-8-17(9-7-16)23-19(26)12-18(25)21-11-10-14-2-4-15(20)5-3-14/h2-9H,10-12H2,1H3,(H,21,25)(H,22,24)(H,23,26). The lowest BCUT2D eigenvalue weighted by molar-refractivity contribution is -0.126. The first kappa shape index (κ1) is 19.5. The molecule has 0 aliphatic heterocycles. The summed E-state index contributed by atoms with van der Waals surface area (Å²) in [5.74, 6) is -0.912. The van der Waals surface area contributed by atoms with E-state index in [2.05, 4.69) is 16.0 Å². The van der Waals surface area contributed by atoms with E-state index >= 15 is 0 Å². The van der Waals surface area contributed by atoms with Crippen LogP contribution in [0.1, 0.15) is 18.9 Å². The zero-order valence-corrected chi connectivity index (χ0v) is 15.1. The fourth-order valence-corrected chi connectivity index (χ4v) is 2.38. The van der Waals surface area contributed by atoms with Crippen molar-refractivity contribution in [2.45, 2.75) is 19.8 Å². The maximum absolute atomic E-state index is 11.9. The van der Waals surface area contributed by atoms with Crippen molar-refractivity contribution < 1.29 is 14.4 Å². The van der Waals surface area contributed by atoms with Gasteiger partial charge in [-0.05, 0) is 48.4 Å². The predicted octanol–water partition coefficient (Wildman–Crippen LogP) is 2.99. The highest BCUT2D eigenvalue weighted by molar-refractivity contribution is 6.30. The first-order chi connectivity index (χ1) is 12.4. The molecule has 0 unspecified atom stereocenters. The van der Waals surface area contributed by atoms with E-state index in [1.54, 1.807) is 36.4 Å². The second kappa shape index (κ2) is 9.58. The van der Waals surface area contributed by atoms with E-state index in [1.165, 1.54) is 6.92 Å². The van der Waals surface area contributed by atoms with Crippen molar-refractivity contribution in [2.24, 2.45) is 0 Å². The molecular weight excluding hydrogens is 354 g/mol. The molecule has 0 radical (unpaired) electrons. The summed E-state index contributed by atoms with van der Waals surface area (Å²) in [4.78, 5) is 34.7. The maximum atomic E-state index is 11.9. The topological polar surface area (TPSA) is 87.3 Å². The van der Waals surface area contributed by atoms with Crippen molar-refractivity contribution in [3.8, 4) is 0 Å². The van der Waals surface area contributed by atoms with Crippen LogP contribution >= 0.6 is 11.6 Å². The summed E-state index contributed by atoms with van der Waals surface area (Å²) in [5.41, 5.74) is 2.24. The molecule has 136 valence electrons. The maximum Gasteiger partial charge on any atom is 0.233 e. The second-order valence-electron chi connectivity index (χ2n) is 5.71. The molecule has 3 amide bonds. The number of nitrogens with one attached hydrogen (secondary N) is 3. The number of carbonyl (C=O) groups is 3. The Morgan fingerprint density at radius 1 is 0.846 bits per heavy atom. The Hall–Kier alpha value is -2.86. The zero-order chi connectivity index (χ0) is 18.9. The monoisotopic (exact) mass is 373 g/mol. The molecule has 0 bridgehead atoms. The van der Waals surface area contributed by atoms with Gasteiger partial charge in [0.15, 0.2) is 0 Å². The van der Waals surface area contributed by atoms with Crippen LogP contribution in [0.4, 0.5) is 11.4 Å². The van der Waals surface area contributed by atoms with Gasteiger partial charge in [0.2, 0.25) is 17.7 Å². The highest BCUT2D eigenvalue weighted by atomic mass is 35.5. The van der Waals surface area contributed by atoms with Gasteiger partial charge in [-0.15, -0.1) is 0 Å². The van der Waals surface area contributed by atoms with Crippen LogP contribution < -0.4 is 16.0 Å². The van der Waals surface area contributed by atoms with Crippen molar-refractivity contribution >= 4 is 40.7 Å². The fourth-order valence-electron chi connectivity index (χ4n) is 2.25. The number of hydrogen-bond acceptors (Lipinski definition) is 3. The van der Waals surface area contributed by atoms with E-state index in [4.69, 9.17) is 11.6 Å². The fraction of sp³-hybridized carbons (Fsp3) is 0.211. The van der Waals surface area contributed by atoms with Crippen LogP contribution in [0.3, 0.4) is 0 Å². The largest absolute Gasteiger partial charge is 0.355 e. The third-order valence-corrected chi connectivity index (χ3v) is 3.71. The number of carbonyl (C=O) groups excluding carboxylic acids is 3. The lowest BCUT2D eigenvalue weighted by atomic mass is 10.1. The lowest BCUT2D eigenvalue weighted by Gasteiger charge is -2.08. The van der Waals surface area contributed by atoms with Gasteiger partial charge < -0.3 is 16.0 Å². The van der Waals surface area contributed by atoms with E-state index in [1.807, 2.05) is 12.1 Å². The van der Waals surface area contributed by atoms with Crippen LogP contribution in [-0.2, 0) is 20.8 Å². The van der Waals surface area contributed by atoms with Gasteiger partial charge in [-0.3, -0.25) is 14.4 Å². The third kappa shape index (κ3) is 6.94. The second-order valence-corrected chi connectivity index (χ2v) is 6.15. The first-order valence-corrected chi connectivity index (χ1v) is 8.49. The van der Waals surface area contributed by atoms with Crippen LogP contribution in [0.2, 0.25) is 5.02 Å². The van der Waals surface area contributed by atoms with Crippen molar-refractivity contribution in [1.82, 2.24) is 5.32 Å². The van der Waals surface area contributed by atoms with E-state index in [-0.39, 0.29) is 18.2 Å². The molecule has 3 N–H and O–H groups in total. The number of rotatable bonds is 7. The molecule has 2 aromatic rings. The number of amides is 3. The van der Waals surface area contributed by atoms with E-state index in [9.17, 15) is 14.4 Å². The van der Waals surface area contributed by atoms with Crippen molar-refractivity contribution in [3.05, 3.63) is 59.1 Å². The lowest BCUT2D eigenvalue weighted by Crippen LogP contribution is -2.29. The number of halogens is 1. The molecule has 0 fully saturated rings. The number of anilines is 2. The molecule has 6 nitrogen and oxygen atoms in total. The number of benzene rings is 2. The molecule has 0 aliphatic rings. The molecular formula is C19H20ClN3O3. The van der Waals surface area contributed by atoms with Gasteiger partial charge >= 0.3 is 0 Å². The molecule has 7 heteroatoms. The average Bonchev–Trinajstić information content (AvgIpc) is 2.58. The van der Waals surface area contributed by atoms with E-state index in [0.717, 1.165) is 5.56 Å². The molecule has 2 aromatic carbocycles. The summed E-state index contributed by atoms with van der Waals surface area (Å²) in [6.07, 6.45) is 0.406. The Morgan fingerprint density at radius 2 is 1.42 bits per heavy atom. The van der Waals surface area contributed by atoms with Crippen LogP contribution in [0.15, 0.2) is 48.5 Å². The van der Waals surface area contributed by atoms with Crippen LogP contribution in [-0.4, -0.2) is 24.3 Å². The minimum absolute atomic E-state index is 0.169. The van der Waals surface area contributed by atoms with E-state index < -0.39 is 5.91 Å². The van der Waals surface area contributed by atoms with Crippen molar-refractivity contribution in [1.29, 1.82) is 0 Å². The van der Waals surface area contributed by atoms with Crippen LogP contribution in [0, 0.1) is 0 Å². The zero-order valence-electron chi connectivity index (χ0n) is 14.3. The van der Waals surface area contributed by atoms with Gasteiger partial charge in [0.05, 0.1) is 0 Å². The Balaban J connectivity index is 1.72. The van der Waals surface area contributed by atoms with Gasteiger partial charge in [-0.1, -0.05) is 23.7 Å². The Kier molecular flexibility index (Phi) is 7.17. The SMILES string of the molecule is CC(=O)Nc1ccc(NC(=O)CC(=O)NCCc2ccc(Cl)cc2)cc1. The van der Waals surface area contributed by atoms with Gasteiger partial charge in [-0.25, -0.2) is 0 Å². The minimum atomic E-state index is -0.402. The normalized spacial score (nSPS) is 10.1. The molecule has 0 spiro atoms. The number of hydrogen-bond donors (Lipinski definition) is 3. The Morgan fingerprint density at radius 3 is 2.00 bits per heavy atom. The summed E-state index contributed by atoms with van der Waals surface area (Å²) in [5, 5.41) is 8.65. The Labute approximate surface area is 156 Å². The highest BCUT2D eigenvalue weighted by Crippen LogP contribution is 2.13. The van der Waals surface area contributed by atoms with Crippen molar-refractivity contribution in [2.75, 3.05) is 17.2 Å². The van der Waals surface area contributed by atoms with E-state index in [0.29, 0.717) is 29.4 Å². The molecule has 0 saturated heterocycles. The smallest absolute Gasteiger partial charge is 0.233 e. The van der Waals surface area contributed by atoms with Crippen molar-refractivity contribution in [3.63, 3.8) is 0 Å². The summed E-state index contributed by atoms with van der Waals surface area (Å²) < 4.78 is 0. The van der Waals surface area contributed by atoms with Gasteiger partial charge in [-0.2, -0.15) is 0 Å². The third-order valence-electron chi connectivity index (χ3n) is 3.46. The summed E-state index contributed by atoms with van der Waals surface area (Å²) in [7, 11) is 0. The molecule has 26 heavy (non-hydrogen) atoms. The summed E-state index contributed by atoms with van der Waals surface area (Å²) in [6.45, 7) is 1.86. The summed E-state index contributed by atoms with van der Waals surface area (Å²) in [6, 6.07) is 14.0. The predicted molar refractivity (Wildman–Crippen MR) is 102 cm³/mol. The molecule has 0 heterocycles. The Bertz CT molecular complexity index is 774. The quantitative estimate of drug-likeness (QED) is 0.652. The average molecular weight is 374 g/mol. The first-order valence-electron chi connectivity index (χ1n) is 8.11. The molecule has 0 aromatic heterocycles. The molecule has 0 atom stereocenters. The summed E-state index contributed by atoms with van der Waals surface area (Å²) >= 11 is 5.82. The highest BCUT2D eigenvalue weighted by Gasteiger charge is 2.09. The van der Waals surface area contributed by atoms with Gasteiger partial charge in [0.25, 0.3) is 0 Å². The van der Waals surface area contributed by atoms with Crippen LogP contribution in [0.25, 0.3) is 0 Å². The van der Waals surface area contributed by atoms with Gasteiger partial charge in [0.1, 0.15) is 6.42 Å². The molecule has 0 saturated carbocycles. The van der Waals surface area contributed by atoms with Gasteiger partial charge in [0, 0.05) is 29.9 Å². The molecule has 0 aliphatic carbocycles. The van der Waals surface area contributed by atoms with Crippen LogP contribution in [0.5, 0.6) is 0 Å². The minimum Gasteiger partial charge on any atom is -0.355 e.